The van der Waals surface area contributed by atoms with E-state index in [1.54, 1.807) is 6.08 Å². The molecule has 0 saturated heterocycles. The molecule has 0 heterocycles. The molecular formula is C20H24O4S. The van der Waals surface area contributed by atoms with Crippen molar-refractivity contribution >= 4 is 10.1 Å². The first-order valence-corrected chi connectivity index (χ1v) is 9.96. The molecule has 0 radical (unpaired) electrons. The maximum atomic E-state index is 11.3. The lowest BCUT2D eigenvalue weighted by molar-refractivity contribution is 0.306. The quantitative estimate of drug-likeness (QED) is 0.500. The number of hydrogen-bond donors (Lipinski definition) is 0. The van der Waals surface area contributed by atoms with E-state index in [0.29, 0.717) is 13.0 Å². The minimum atomic E-state index is -3.46. The molecule has 0 spiro atoms. The number of rotatable bonds is 9. The molecule has 0 amide bonds. The molecule has 2 rings (SSSR count). The zero-order valence-electron chi connectivity index (χ0n) is 14.6. The third-order valence-electron chi connectivity index (χ3n) is 3.80. The first-order chi connectivity index (χ1) is 11.9. The van der Waals surface area contributed by atoms with Crippen molar-refractivity contribution in [3.8, 4) is 5.75 Å². The number of ether oxygens (including phenoxy) is 1. The Balaban J connectivity index is 2.37. The third-order valence-corrected chi connectivity index (χ3v) is 4.40. The van der Waals surface area contributed by atoms with Gasteiger partial charge in [0.1, 0.15) is 12.4 Å². The molecule has 25 heavy (non-hydrogen) atoms. The normalized spacial score (nSPS) is 12.6. The molecule has 4 nitrogen and oxygen atoms in total. The van der Waals surface area contributed by atoms with E-state index in [4.69, 9.17) is 8.92 Å². The van der Waals surface area contributed by atoms with Crippen LogP contribution < -0.4 is 4.74 Å². The fourth-order valence-electron chi connectivity index (χ4n) is 2.72. The fourth-order valence-corrected chi connectivity index (χ4v) is 3.12. The Kier molecular flexibility index (Phi) is 6.79. The predicted octanol–water partition coefficient (Wildman–Crippen LogP) is 4.06. The van der Waals surface area contributed by atoms with Gasteiger partial charge in [0, 0.05) is 11.5 Å². The van der Waals surface area contributed by atoms with Gasteiger partial charge in [0.05, 0.1) is 12.9 Å². The molecule has 0 aliphatic rings. The van der Waals surface area contributed by atoms with Gasteiger partial charge >= 0.3 is 0 Å². The van der Waals surface area contributed by atoms with Crippen LogP contribution in [-0.4, -0.2) is 27.9 Å². The van der Waals surface area contributed by atoms with Crippen molar-refractivity contribution in [1.82, 2.24) is 0 Å². The summed E-state index contributed by atoms with van der Waals surface area (Å²) < 4.78 is 33.4. The molecule has 0 aromatic heterocycles. The molecule has 0 N–H and O–H groups in total. The van der Waals surface area contributed by atoms with Crippen LogP contribution in [0.1, 0.15) is 29.0 Å². The minimum absolute atomic E-state index is 0.0253. The Bertz CT molecular complexity index is 798. The van der Waals surface area contributed by atoms with Gasteiger partial charge in [-0.25, -0.2) is 0 Å². The van der Waals surface area contributed by atoms with E-state index in [1.807, 2.05) is 49.4 Å². The molecule has 2 aromatic rings. The zero-order chi connectivity index (χ0) is 18.3. The van der Waals surface area contributed by atoms with Crippen molar-refractivity contribution in [2.45, 2.75) is 19.3 Å². The van der Waals surface area contributed by atoms with E-state index in [-0.39, 0.29) is 12.5 Å². The van der Waals surface area contributed by atoms with Crippen LogP contribution >= 0.6 is 0 Å². The van der Waals surface area contributed by atoms with Gasteiger partial charge in [-0.1, -0.05) is 60.7 Å². The third kappa shape index (κ3) is 6.03. The molecule has 0 aliphatic heterocycles. The van der Waals surface area contributed by atoms with Crippen LogP contribution in [0.4, 0.5) is 0 Å². The van der Waals surface area contributed by atoms with Crippen molar-refractivity contribution in [3.05, 3.63) is 77.9 Å². The SMILES string of the molecule is C=CCOc1ccc(C)cc1C(CCOS(C)(=O)=O)c1ccccc1. The molecule has 0 saturated carbocycles. The van der Waals surface area contributed by atoms with Gasteiger partial charge in [0.15, 0.2) is 0 Å². The first-order valence-electron chi connectivity index (χ1n) is 8.14. The van der Waals surface area contributed by atoms with Crippen molar-refractivity contribution in [1.29, 1.82) is 0 Å². The summed E-state index contributed by atoms with van der Waals surface area (Å²) in [7, 11) is -3.46. The highest BCUT2D eigenvalue weighted by Gasteiger charge is 2.19. The lowest BCUT2D eigenvalue weighted by Gasteiger charge is -2.21. The van der Waals surface area contributed by atoms with E-state index in [2.05, 4.69) is 12.6 Å². The van der Waals surface area contributed by atoms with Gasteiger partial charge in [0.25, 0.3) is 10.1 Å². The van der Waals surface area contributed by atoms with Crippen LogP contribution in [0, 0.1) is 6.92 Å². The minimum Gasteiger partial charge on any atom is -0.489 e. The molecule has 134 valence electrons. The van der Waals surface area contributed by atoms with Crippen LogP contribution in [0.2, 0.25) is 0 Å². The average molecular weight is 360 g/mol. The maximum Gasteiger partial charge on any atom is 0.264 e. The lowest BCUT2D eigenvalue weighted by Crippen LogP contribution is -2.11. The van der Waals surface area contributed by atoms with Crippen LogP contribution in [0.25, 0.3) is 0 Å². The summed E-state index contributed by atoms with van der Waals surface area (Å²) in [5.74, 6) is 0.751. The van der Waals surface area contributed by atoms with Crippen LogP contribution in [0.15, 0.2) is 61.2 Å². The molecule has 2 aromatic carbocycles. The molecule has 1 unspecified atom stereocenters. The average Bonchev–Trinajstić information content (AvgIpc) is 2.57. The molecule has 0 aliphatic carbocycles. The summed E-state index contributed by atoms with van der Waals surface area (Å²) in [6, 6.07) is 16.0. The van der Waals surface area contributed by atoms with Crippen molar-refractivity contribution in [3.63, 3.8) is 0 Å². The van der Waals surface area contributed by atoms with Gasteiger partial charge in [-0.2, -0.15) is 8.42 Å². The van der Waals surface area contributed by atoms with E-state index >= 15 is 0 Å². The molecule has 0 fully saturated rings. The fraction of sp³-hybridized carbons (Fsp3) is 0.300. The Morgan fingerprint density at radius 1 is 1.16 bits per heavy atom. The Labute approximate surface area is 150 Å². The monoisotopic (exact) mass is 360 g/mol. The Morgan fingerprint density at radius 3 is 2.52 bits per heavy atom. The first kappa shape index (κ1) is 19.2. The van der Waals surface area contributed by atoms with Gasteiger partial charge < -0.3 is 4.74 Å². The lowest BCUT2D eigenvalue weighted by atomic mass is 9.87. The summed E-state index contributed by atoms with van der Waals surface area (Å²) >= 11 is 0. The highest BCUT2D eigenvalue weighted by atomic mass is 32.2. The topological polar surface area (TPSA) is 52.6 Å². The summed E-state index contributed by atoms with van der Waals surface area (Å²) in [6.45, 7) is 6.25. The number of hydrogen-bond acceptors (Lipinski definition) is 4. The highest BCUT2D eigenvalue weighted by molar-refractivity contribution is 7.85. The molecule has 5 heteroatoms. The second-order valence-electron chi connectivity index (χ2n) is 5.92. The molecule has 0 bridgehead atoms. The van der Waals surface area contributed by atoms with Crippen LogP contribution in [0.5, 0.6) is 5.75 Å². The standard InChI is InChI=1S/C20H24O4S/c1-4-13-23-20-11-10-16(2)15-19(20)18(12-14-24-25(3,21)22)17-8-6-5-7-9-17/h4-11,15,18H,1,12-14H2,2-3H3. The second-order valence-corrected chi connectivity index (χ2v) is 7.56. The van der Waals surface area contributed by atoms with Gasteiger partial charge in [-0.3, -0.25) is 4.18 Å². The van der Waals surface area contributed by atoms with Gasteiger partial charge in [-0.05, 0) is 25.0 Å². The predicted molar refractivity (Wildman–Crippen MR) is 101 cm³/mol. The summed E-state index contributed by atoms with van der Waals surface area (Å²) in [5.41, 5.74) is 3.23. The van der Waals surface area contributed by atoms with Gasteiger partial charge in [-0.15, -0.1) is 0 Å². The highest BCUT2D eigenvalue weighted by Crippen LogP contribution is 2.35. The smallest absolute Gasteiger partial charge is 0.264 e. The van der Waals surface area contributed by atoms with Crippen molar-refractivity contribution < 1.29 is 17.3 Å². The molecule has 1 atom stereocenters. The van der Waals surface area contributed by atoms with Crippen LogP contribution in [-0.2, 0) is 14.3 Å². The number of benzene rings is 2. The van der Waals surface area contributed by atoms with E-state index in [0.717, 1.165) is 28.7 Å². The zero-order valence-corrected chi connectivity index (χ0v) is 15.5. The second kappa shape index (κ2) is 8.83. The van der Waals surface area contributed by atoms with Crippen molar-refractivity contribution in [2.75, 3.05) is 19.5 Å². The summed E-state index contributed by atoms with van der Waals surface area (Å²) in [6.07, 6.45) is 3.30. The summed E-state index contributed by atoms with van der Waals surface area (Å²) in [4.78, 5) is 0. The Hall–Kier alpha value is -2.11. The number of aryl methyl sites for hydroxylation is 1. The van der Waals surface area contributed by atoms with E-state index in [9.17, 15) is 8.42 Å². The van der Waals surface area contributed by atoms with Crippen molar-refractivity contribution in [2.24, 2.45) is 0 Å². The van der Waals surface area contributed by atoms with E-state index < -0.39 is 10.1 Å². The maximum absolute atomic E-state index is 11.3. The van der Waals surface area contributed by atoms with Gasteiger partial charge in [0.2, 0.25) is 0 Å². The Morgan fingerprint density at radius 2 is 1.88 bits per heavy atom. The largest absolute Gasteiger partial charge is 0.489 e. The summed E-state index contributed by atoms with van der Waals surface area (Å²) in [5, 5.41) is 0. The van der Waals surface area contributed by atoms with E-state index in [1.165, 1.54) is 0 Å². The molecular weight excluding hydrogens is 336 g/mol. The van der Waals surface area contributed by atoms with Crippen LogP contribution in [0.3, 0.4) is 0 Å².